The number of hydrogen-bond donors (Lipinski definition) is 2. The molecule has 3 rings (SSSR count). The quantitative estimate of drug-likeness (QED) is 0.816. The SMILES string of the molecule is CC(C)C1CCC(C(C)(O)CNC(=O)C2CC=Cc3ccccc32)CC1. The number of carbonyl (C=O) groups is 1. The van der Waals surface area contributed by atoms with E-state index in [1.54, 1.807) is 0 Å². The molecule has 142 valence electrons. The number of fused-ring (bicyclic) bond motifs is 1. The first-order chi connectivity index (χ1) is 12.4. The highest BCUT2D eigenvalue weighted by atomic mass is 16.3. The molecule has 0 heterocycles. The number of allylic oxidation sites excluding steroid dienone is 1. The van der Waals surface area contributed by atoms with Crippen LogP contribution in [0.1, 0.15) is 69.9 Å². The number of hydrogen-bond acceptors (Lipinski definition) is 2. The monoisotopic (exact) mass is 355 g/mol. The average Bonchev–Trinajstić information content (AvgIpc) is 2.65. The summed E-state index contributed by atoms with van der Waals surface area (Å²) in [4.78, 5) is 12.8. The van der Waals surface area contributed by atoms with E-state index in [-0.39, 0.29) is 17.7 Å². The minimum Gasteiger partial charge on any atom is -0.388 e. The Bertz CT molecular complexity index is 654. The van der Waals surface area contributed by atoms with E-state index in [9.17, 15) is 9.90 Å². The lowest BCUT2D eigenvalue weighted by atomic mass is 9.71. The second kappa shape index (κ2) is 7.96. The third-order valence-corrected chi connectivity index (χ3v) is 6.57. The van der Waals surface area contributed by atoms with E-state index < -0.39 is 5.60 Å². The number of carbonyl (C=O) groups excluding carboxylic acids is 1. The fourth-order valence-electron chi connectivity index (χ4n) is 4.63. The molecule has 0 spiro atoms. The Balaban J connectivity index is 1.57. The predicted molar refractivity (Wildman–Crippen MR) is 107 cm³/mol. The van der Waals surface area contributed by atoms with Gasteiger partial charge in [-0.05, 0) is 67.9 Å². The van der Waals surface area contributed by atoms with Crippen molar-refractivity contribution >= 4 is 12.0 Å². The lowest BCUT2D eigenvalue weighted by Crippen LogP contribution is -2.48. The van der Waals surface area contributed by atoms with Gasteiger partial charge in [0.1, 0.15) is 0 Å². The highest BCUT2D eigenvalue weighted by Gasteiger charge is 2.36. The first-order valence-electron chi connectivity index (χ1n) is 10.1. The maximum atomic E-state index is 12.8. The number of nitrogens with one attached hydrogen (secondary N) is 1. The first kappa shape index (κ1) is 19.2. The van der Waals surface area contributed by atoms with Crippen molar-refractivity contribution < 1.29 is 9.90 Å². The maximum absolute atomic E-state index is 12.8. The molecule has 2 N–H and O–H groups in total. The summed E-state index contributed by atoms with van der Waals surface area (Å²) in [6.07, 6.45) is 9.37. The minimum atomic E-state index is -0.832. The van der Waals surface area contributed by atoms with Crippen LogP contribution in [0.5, 0.6) is 0 Å². The summed E-state index contributed by atoms with van der Waals surface area (Å²) in [7, 11) is 0. The zero-order valence-corrected chi connectivity index (χ0v) is 16.4. The lowest BCUT2D eigenvalue weighted by Gasteiger charge is -2.39. The topological polar surface area (TPSA) is 49.3 Å². The Kier molecular flexibility index (Phi) is 5.86. The van der Waals surface area contributed by atoms with Gasteiger partial charge in [0.05, 0.1) is 11.5 Å². The van der Waals surface area contributed by atoms with Crippen LogP contribution >= 0.6 is 0 Å². The Hall–Kier alpha value is -1.61. The molecule has 1 amide bonds. The molecular weight excluding hydrogens is 322 g/mol. The summed E-state index contributed by atoms with van der Waals surface area (Å²) < 4.78 is 0. The molecule has 26 heavy (non-hydrogen) atoms. The van der Waals surface area contributed by atoms with Crippen molar-refractivity contribution in [3.8, 4) is 0 Å². The fourth-order valence-corrected chi connectivity index (χ4v) is 4.63. The van der Waals surface area contributed by atoms with E-state index in [0.717, 1.165) is 42.2 Å². The number of amides is 1. The van der Waals surface area contributed by atoms with Crippen molar-refractivity contribution in [3.05, 3.63) is 41.5 Å². The van der Waals surface area contributed by atoms with E-state index in [1.165, 1.54) is 12.8 Å². The van der Waals surface area contributed by atoms with Gasteiger partial charge in [-0.3, -0.25) is 4.79 Å². The van der Waals surface area contributed by atoms with Crippen LogP contribution in [-0.2, 0) is 4.79 Å². The van der Waals surface area contributed by atoms with Gasteiger partial charge in [-0.1, -0.05) is 50.3 Å². The number of rotatable bonds is 5. The summed E-state index contributed by atoms with van der Waals surface area (Å²) in [6, 6.07) is 8.08. The van der Waals surface area contributed by atoms with Gasteiger partial charge in [0.15, 0.2) is 0 Å². The zero-order valence-electron chi connectivity index (χ0n) is 16.4. The Morgan fingerprint density at radius 2 is 1.92 bits per heavy atom. The van der Waals surface area contributed by atoms with Gasteiger partial charge in [0.2, 0.25) is 5.91 Å². The Morgan fingerprint density at radius 3 is 2.62 bits per heavy atom. The van der Waals surface area contributed by atoms with E-state index in [0.29, 0.717) is 6.54 Å². The molecule has 1 fully saturated rings. The molecule has 2 atom stereocenters. The summed E-state index contributed by atoms with van der Waals surface area (Å²) in [5.74, 6) is 1.65. The number of benzene rings is 1. The standard InChI is InChI=1S/C23H33NO2/c1-16(2)17-11-13-19(14-12-17)23(3,26)15-24-22(25)21-10-6-8-18-7-4-5-9-20(18)21/h4-9,16-17,19,21,26H,10-15H2,1-3H3,(H,24,25). The number of aliphatic hydroxyl groups is 1. The van der Waals surface area contributed by atoms with Crippen molar-refractivity contribution in [2.24, 2.45) is 17.8 Å². The molecule has 1 aromatic carbocycles. The van der Waals surface area contributed by atoms with Crippen molar-refractivity contribution in [2.45, 2.75) is 64.4 Å². The molecule has 3 heteroatoms. The van der Waals surface area contributed by atoms with E-state index in [4.69, 9.17) is 0 Å². The van der Waals surface area contributed by atoms with E-state index >= 15 is 0 Å². The first-order valence-corrected chi connectivity index (χ1v) is 10.1. The molecule has 0 aliphatic heterocycles. The summed E-state index contributed by atoms with van der Waals surface area (Å²) in [5.41, 5.74) is 1.38. The van der Waals surface area contributed by atoms with Crippen LogP contribution in [-0.4, -0.2) is 23.2 Å². The molecule has 0 aromatic heterocycles. The predicted octanol–water partition coefficient (Wildman–Crippen LogP) is 4.52. The molecule has 1 aromatic rings. The second-order valence-electron chi connectivity index (χ2n) is 8.75. The van der Waals surface area contributed by atoms with Gasteiger partial charge in [-0.2, -0.15) is 0 Å². The van der Waals surface area contributed by atoms with Crippen LogP contribution in [0.15, 0.2) is 30.3 Å². The third-order valence-electron chi connectivity index (χ3n) is 6.57. The molecule has 0 radical (unpaired) electrons. The Morgan fingerprint density at radius 1 is 1.23 bits per heavy atom. The lowest BCUT2D eigenvalue weighted by molar-refractivity contribution is -0.124. The van der Waals surface area contributed by atoms with Crippen molar-refractivity contribution in [1.29, 1.82) is 0 Å². The van der Waals surface area contributed by atoms with Crippen LogP contribution in [0.2, 0.25) is 0 Å². The third kappa shape index (κ3) is 4.20. The highest BCUT2D eigenvalue weighted by molar-refractivity contribution is 5.86. The molecule has 2 unspecified atom stereocenters. The van der Waals surface area contributed by atoms with Gasteiger partial charge in [0, 0.05) is 6.54 Å². The summed E-state index contributed by atoms with van der Waals surface area (Å²) in [6.45, 7) is 6.81. The van der Waals surface area contributed by atoms with Gasteiger partial charge >= 0.3 is 0 Å². The van der Waals surface area contributed by atoms with Crippen LogP contribution < -0.4 is 5.32 Å². The van der Waals surface area contributed by atoms with Gasteiger partial charge in [0.25, 0.3) is 0 Å². The summed E-state index contributed by atoms with van der Waals surface area (Å²) >= 11 is 0. The molecule has 2 aliphatic carbocycles. The van der Waals surface area contributed by atoms with Gasteiger partial charge in [-0.25, -0.2) is 0 Å². The van der Waals surface area contributed by atoms with Crippen molar-refractivity contribution in [2.75, 3.05) is 6.54 Å². The second-order valence-corrected chi connectivity index (χ2v) is 8.75. The maximum Gasteiger partial charge on any atom is 0.227 e. The van der Waals surface area contributed by atoms with Gasteiger partial charge in [-0.15, -0.1) is 0 Å². The molecule has 0 bridgehead atoms. The van der Waals surface area contributed by atoms with Crippen LogP contribution in [0.25, 0.3) is 6.08 Å². The largest absolute Gasteiger partial charge is 0.388 e. The van der Waals surface area contributed by atoms with E-state index in [2.05, 4.69) is 37.4 Å². The summed E-state index contributed by atoms with van der Waals surface area (Å²) in [5, 5.41) is 14.0. The van der Waals surface area contributed by atoms with Crippen LogP contribution in [0.3, 0.4) is 0 Å². The molecule has 2 aliphatic rings. The van der Waals surface area contributed by atoms with E-state index in [1.807, 2.05) is 25.1 Å². The van der Waals surface area contributed by atoms with Crippen LogP contribution in [0.4, 0.5) is 0 Å². The smallest absolute Gasteiger partial charge is 0.227 e. The van der Waals surface area contributed by atoms with Gasteiger partial charge < -0.3 is 10.4 Å². The molecule has 1 saturated carbocycles. The Labute approximate surface area is 157 Å². The molecular formula is C23H33NO2. The fraction of sp³-hybridized carbons (Fsp3) is 0.609. The normalized spacial score (nSPS) is 27.7. The van der Waals surface area contributed by atoms with Crippen molar-refractivity contribution in [1.82, 2.24) is 5.32 Å². The zero-order chi connectivity index (χ0) is 18.7. The highest BCUT2D eigenvalue weighted by Crippen LogP contribution is 2.38. The minimum absolute atomic E-state index is 0.0259. The van der Waals surface area contributed by atoms with Crippen LogP contribution in [0, 0.1) is 17.8 Å². The van der Waals surface area contributed by atoms with Crippen molar-refractivity contribution in [3.63, 3.8) is 0 Å². The average molecular weight is 356 g/mol. The molecule has 3 nitrogen and oxygen atoms in total. The molecule has 0 saturated heterocycles.